The maximum atomic E-state index is 11.7. The standard InChI is InChI=1S/C13H19NO3S/c1-13(2,3)11(12(16)17)14-10(15)7-6-9-5-4-8-18-9/h4-5,8,11H,6-7H2,1-3H3,(H,14,15)(H,16,17)/t11-/m1/s1. The number of carbonyl (C=O) groups excluding carboxylic acids is 1. The predicted octanol–water partition coefficient (Wildman–Crippen LogP) is 2.30. The lowest BCUT2D eigenvalue weighted by molar-refractivity contribution is -0.144. The van der Waals surface area contributed by atoms with Crippen molar-refractivity contribution in [3.05, 3.63) is 22.4 Å². The Bertz CT molecular complexity index is 406. The van der Waals surface area contributed by atoms with E-state index in [2.05, 4.69) is 5.32 Å². The molecule has 0 unspecified atom stereocenters. The molecule has 1 rings (SSSR count). The van der Waals surface area contributed by atoms with E-state index in [0.29, 0.717) is 12.8 Å². The highest BCUT2D eigenvalue weighted by atomic mass is 32.1. The fourth-order valence-electron chi connectivity index (χ4n) is 1.57. The van der Waals surface area contributed by atoms with E-state index < -0.39 is 17.4 Å². The van der Waals surface area contributed by atoms with Gasteiger partial charge in [0.15, 0.2) is 0 Å². The van der Waals surface area contributed by atoms with E-state index in [9.17, 15) is 9.59 Å². The number of rotatable bonds is 5. The largest absolute Gasteiger partial charge is 0.480 e. The zero-order valence-corrected chi connectivity index (χ0v) is 11.7. The summed E-state index contributed by atoms with van der Waals surface area (Å²) in [7, 11) is 0. The third kappa shape index (κ3) is 4.49. The smallest absolute Gasteiger partial charge is 0.326 e. The quantitative estimate of drug-likeness (QED) is 0.862. The van der Waals surface area contributed by atoms with Crippen molar-refractivity contribution in [1.29, 1.82) is 0 Å². The number of nitrogens with one attached hydrogen (secondary N) is 1. The van der Waals surface area contributed by atoms with E-state index in [1.165, 1.54) is 0 Å². The Morgan fingerprint density at radius 3 is 2.56 bits per heavy atom. The minimum Gasteiger partial charge on any atom is -0.480 e. The Morgan fingerprint density at radius 1 is 1.44 bits per heavy atom. The van der Waals surface area contributed by atoms with Gasteiger partial charge in [0.05, 0.1) is 0 Å². The number of carboxylic acids is 1. The third-order valence-corrected chi connectivity index (χ3v) is 3.53. The molecule has 0 bridgehead atoms. The molecule has 1 atom stereocenters. The van der Waals surface area contributed by atoms with E-state index in [1.807, 2.05) is 17.5 Å². The number of amides is 1. The molecule has 100 valence electrons. The Balaban J connectivity index is 2.49. The summed E-state index contributed by atoms with van der Waals surface area (Å²) in [6, 6.07) is 3.05. The van der Waals surface area contributed by atoms with Crippen LogP contribution in [0.1, 0.15) is 32.1 Å². The summed E-state index contributed by atoms with van der Waals surface area (Å²) in [6.07, 6.45) is 0.973. The fourth-order valence-corrected chi connectivity index (χ4v) is 2.28. The Kier molecular flexibility index (Phi) is 4.90. The van der Waals surface area contributed by atoms with Crippen LogP contribution < -0.4 is 5.32 Å². The van der Waals surface area contributed by atoms with Gasteiger partial charge >= 0.3 is 5.97 Å². The second-order valence-corrected chi connectivity index (χ2v) is 6.32. The Hall–Kier alpha value is -1.36. The molecule has 0 saturated carbocycles. The zero-order chi connectivity index (χ0) is 13.8. The van der Waals surface area contributed by atoms with E-state index in [1.54, 1.807) is 32.1 Å². The molecule has 0 radical (unpaired) electrons. The number of aryl methyl sites for hydroxylation is 1. The molecule has 0 spiro atoms. The first-order valence-corrected chi connectivity index (χ1v) is 6.73. The van der Waals surface area contributed by atoms with Gasteiger partial charge in [0, 0.05) is 11.3 Å². The summed E-state index contributed by atoms with van der Waals surface area (Å²) < 4.78 is 0. The average molecular weight is 269 g/mol. The number of carboxylic acid groups (broad SMARTS) is 1. The van der Waals surface area contributed by atoms with Crippen LogP contribution in [0, 0.1) is 5.41 Å². The zero-order valence-electron chi connectivity index (χ0n) is 10.9. The van der Waals surface area contributed by atoms with Gasteiger partial charge in [-0.1, -0.05) is 26.8 Å². The maximum Gasteiger partial charge on any atom is 0.326 e. The summed E-state index contributed by atoms with van der Waals surface area (Å²) >= 11 is 1.60. The highest BCUT2D eigenvalue weighted by Gasteiger charge is 2.32. The highest BCUT2D eigenvalue weighted by molar-refractivity contribution is 7.09. The van der Waals surface area contributed by atoms with Gasteiger partial charge < -0.3 is 10.4 Å². The van der Waals surface area contributed by atoms with Gasteiger partial charge in [-0.05, 0) is 23.3 Å². The molecule has 4 nitrogen and oxygen atoms in total. The van der Waals surface area contributed by atoms with E-state index >= 15 is 0 Å². The lowest BCUT2D eigenvalue weighted by Crippen LogP contribution is -2.49. The molecule has 0 aliphatic heterocycles. The molecule has 0 aliphatic rings. The van der Waals surface area contributed by atoms with Crippen molar-refractivity contribution in [3.63, 3.8) is 0 Å². The number of hydrogen-bond acceptors (Lipinski definition) is 3. The highest BCUT2D eigenvalue weighted by Crippen LogP contribution is 2.19. The van der Waals surface area contributed by atoms with Crippen LogP contribution in [0.2, 0.25) is 0 Å². The summed E-state index contributed by atoms with van der Waals surface area (Å²) in [5.74, 6) is -1.21. The van der Waals surface area contributed by atoms with Crippen LogP contribution in [-0.2, 0) is 16.0 Å². The molecule has 1 amide bonds. The minimum atomic E-state index is -0.994. The number of thiophene rings is 1. The topological polar surface area (TPSA) is 66.4 Å². The average Bonchev–Trinajstić information content (AvgIpc) is 2.73. The molecule has 0 aromatic carbocycles. The van der Waals surface area contributed by atoms with E-state index in [0.717, 1.165) is 4.88 Å². The van der Waals surface area contributed by atoms with Crippen LogP contribution in [0.3, 0.4) is 0 Å². The monoisotopic (exact) mass is 269 g/mol. The van der Waals surface area contributed by atoms with Crippen LogP contribution in [0.4, 0.5) is 0 Å². The van der Waals surface area contributed by atoms with Crippen LogP contribution in [0.5, 0.6) is 0 Å². The second-order valence-electron chi connectivity index (χ2n) is 5.28. The van der Waals surface area contributed by atoms with Gasteiger partial charge in [-0.3, -0.25) is 4.79 Å². The van der Waals surface area contributed by atoms with Gasteiger partial charge in [0.2, 0.25) is 5.91 Å². The summed E-state index contributed by atoms with van der Waals surface area (Å²) in [5.41, 5.74) is -0.496. The third-order valence-electron chi connectivity index (χ3n) is 2.60. The minimum absolute atomic E-state index is 0.217. The molecule has 18 heavy (non-hydrogen) atoms. The van der Waals surface area contributed by atoms with Gasteiger partial charge in [0.1, 0.15) is 6.04 Å². The predicted molar refractivity (Wildman–Crippen MR) is 71.7 cm³/mol. The van der Waals surface area contributed by atoms with Crippen LogP contribution >= 0.6 is 11.3 Å². The number of hydrogen-bond donors (Lipinski definition) is 2. The van der Waals surface area contributed by atoms with Gasteiger partial charge in [-0.2, -0.15) is 0 Å². The van der Waals surface area contributed by atoms with Crippen molar-refractivity contribution in [2.45, 2.75) is 39.7 Å². The molecule has 1 aromatic heterocycles. The van der Waals surface area contributed by atoms with Crippen molar-refractivity contribution in [3.8, 4) is 0 Å². The van der Waals surface area contributed by atoms with Crippen molar-refractivity contribution in [1.82, 2.24) is 5.32 Å². The van der Waals surface area contributed by atoms with Crippen molar-refractivity contribution in [2.75, 3.05) is 0 Å². The van der Waals surface area contributed by atoms with Crippen LogP contribution in [0.15, 0.2) is 17.5 Å². The fraction of sp³-hybridized carbons (Fsp3) is 0.538. The van der Waals surface area contributed by atoms with Gasteiger partial charge in [0.25, 0.3) is 0 Å². The second kappa shape index (κ2) is 6.00. The SMILES string of the molecule is CC(C)(C)[C@H](NC(=O)CCc1cccs1)C(=O)O. The molecular formula is C13H19NO3S. The molecule has 0 fully saturated rings. The van der Waals surface area contributed by atoms with Gasteiger partial charge in [-0.25, -0.2) is 4.79 Å². The molecule has 2 N–H and O–H groups in total. The molecule has 1 aromatic rings. The van der Waals surface area contributed by atoms with E-state index in [-0.39, 0.29) is 5.91 Å². The molecule has 5 heteroatoms. The van der Waals surface area contributed by atoms with E-state index in [4.69, 9.17) is 5.11 Å². The molecule has 1 heterocycles. The molecule has 0 saturated heterocycles. The normalized spacial score (nSPS) is 13.1. The number of aliphatic carboxylic acids is 1. The van der Waals surface area contributed by atoms with Gasteiger partial charge in [-0.15, -0.1) is 11.3 Å². The lowest BCUT2D eigenvalue weighted by Gasteiger charge is -2.27. The molecular weight excluding hydrogens is 250 g/mol. The number of carbonyl (C=O) groups is 2. The van der Waals surface area contributed by atoms with Crippen molar-refractivity contribution >= 4 is 23.2 Å². The maximum absolute atomic E-state index is 11.7. The Labute approximate surface area is 111 Å². The van der Waals surface area contributed by atoms with Crippen molar-refractivity contribution < 1.29 is 14.7 Å². The molecule has 0 aliphatic carbocycles. The Morgan fingerprint density at radius 2 is 2.11 bits per heavy atom. The summed E-state index contributed by atoms with van der Waals surface area (Å²) in [4.78, 5) is 24.0. The van der Waals surface area contributed by atoms with Crippen molar-refractivity contribution in [2.24, 2.45) is 5.41 Å². The summed E-state index contributed by atoms with van der Waals surface area (Å²) in [5, 5.41) is 13.6. The first kappa shape index (κ1) is 14.7. The van der Waals surface area contributed by atoms with Crippen LogP contribution in [-0.4, -0.2) is 23.0 Å². The lowest BCUT2D eigenvalue weighted by atomic mass is 9.86. The first-order chi connectivity index (χ1) is 8.30. The van der Waals surface area contributed by atoms with Crippen LogP contribution in [0.25, 0.3) is 0 Å². The first-order valence-electron chi connectivity index (χ1n) is 5.85. The summed E-state index contributed by atoms with van der Waals surface area (Å²) in [6.45, 7) is 5.39.